The van der Waals surface area contributed by atoms with E-state index in [4.69, 9.17) is 9.72 Å². The smallest absolute Gasteiger partial charge is 0.271 e. The third-order valence-corrected chi connectivity index (χ3v) is 6.57. The number of Topliss-reactive ketones (excluding diaryl/α,β-unsaturated/α-hetero) is 1. The van der Waals surface area contributed by atoms with Crippen molar-refractivity contribution in [3.05, 3.63) is 65.2 Å². The molecule has 2 aliphatic heterocycles. The first kappa shape index (κ1) is 22.1. The lowest BCUT2D eigenvalue weighted by Gasteiger charge is -2.35. The lowest BCUT2D eigenvalue weighted by atomic mass is 9.98. The number of amides is 1. The number of methoxy groups -OCH3 is 1. The first-order valence-corrected chi connectivity index (χ1v) is 11.5. The molecule has 8 heteroatoms. The van der Waals surface area contributed by atoms with Gasteiger partial charge in [-0.1, -0.05) is 12.1 Å². The van der Waals surface area contributed by atoms with Crippen molar-refractivity contribution < 1.29 is 18.7 Å². The predicted molar refractivity (Wildman–Crippen MR) is 127 cm³/mol. The van der Waals surface area contributed by atoms with Crippen LogP contribution in [-0.2, 0) is 17.8 Å². The molecule has 0 fully saturated rings. The van der Waals surface area contributed by atoms with Gasteiger partial charge >= 0.3 is 0 Å². The maximum absolute atomic E-state index is 14.4. The fraction of sp³-hybridized carbons (Fsp3) is 0.346. The number of aromatic nitrogens is 2. The van der Waals surface area contributed by atoms with Crippen molar-refractivity contribution in [3.8, 4) is 17.0 Å². The molecule has 5 rings (SSSR count). The zero-order valence-electron chi connectivity index (χ0n) is 19.3. The number of ketones is 1. The minimum absolute atomic E-state index is 0.0681. The number of fused-ring (bicyclic) bond motifs is 2. The van der Waals surface area contributed by atoms with Crippen molar-refractivity contribution in [3.63, 3.8) is 0 Å². The molecule has 1 aromatic carbocycles. The van der Waals surface area contributed by atoms with Crippen LogP contribution in [0.15, 0.2) is 42.6 Å². The molecule has 1 N–H and O–H groups in total. The molecular weight excluding hydrogens is 435 g/mol. The molecule has 0 bridgehead atoms. The largest absolute Gasteiger partial charge is 0.494 e. The Hall–Kier alpha value is -3.68. The van der Waals surface area contributed by atoms with Crippen molar-refractivity contribution in [2.45, 2.75) is 38.8 Å². The zero-order valence-corrected chi connectivity index (χ0v) is 19.3. The van der Waals surface area contributed by atoms with Crippen LogP contribution in [0, 0.1) is 5.82 Å². The average molecular weight is 463 g/mol. The number of pyridine rings is 1. The van der Waals surface area contributed by atoms with Crippen LogP contribution in [0.25, 0.3) is 11.3 Å². The monoisotopic (exact) mass is 462 g/mol. The number of carbonyl (C=O) groups is 2. The van der Waals surface area contributed by atoms with Gasteiger partial charge in [-0.2, -0.15) is 0 Å². The molecule has 1 amide bonds. The molecule has 176 valence electrons. The number of nitrogens with one attached hydrogen (secondary N) is 1. The number of rotatable bonds is 6. The maximum Gasteiger partial charge on any atom is 0.271 e. The van der Waals surface area contributed by atoms with Crippen LogP contribution in [0.3, 0.4) is 0 Å². The summed E-state index contributed by atoms with van der Waals surface area (Å²) < 4.78 is 21.4. The second kappa shape index (κ2) is 8.93. The lowest BCUT2D eigenvalue weighted by molar-refractivity contribution is -0.118. The molecule has 0 spiro atoms. The summed E-state index contributed by atoms with van der Waals surface area (Å²) in [7, 11) is 1.40. The van der Waals surface area contributed by atoms with Crippen LogP contribution >= 0.6 is 0 Å². The Bertz CT molecular complexity index is 1270. The zero-order chi connectivity index (χ0) is 23.8. The Labute approximate surface area is 197 Å². The third kappa shape index (κ3) is 4.04. The van der Waals surface area contributed by atoms with Crippen molar-refractivity contribution in [2.24, 2.45) is 0 Å². The molecule has 7 nitrogen and oxygen atoms in total. The summed E-state index contributed by atoms with van der Waals surface area (Å²) in [6, 6.07) is 9.98. The molecule has 2 aromatic heterocycles. The van der Waals surface area contributed by atoms with Gasteiger partial charge in [-0.05, 0) is 55.2 Å². The van der Waals surface area contributed by atoms with E-state index in [1.54, 1.807) is 11.0 Å². The molecular formula is C26H27FN4O3. The van der Waals surface area contributed by atoms with Gasteiger partial charge in [0.2, 0.25) is 0 Å². The van der Waals surface area contributed by atoms with Crippen LogP contribution in [0.5, 0.6) is 5.75 Å². The van der Waals surface area contributed by atoms with Crippen LogP contribution in [0.4, 0.5) is 10.2 Å². The molecule has 0 unspecified atom stereocenters. The highest BCUT2D eigenvalue weighted by molar-refractivity contribution is 5.95. The number of ether oxygens (including phenoxy) is 1. The molecule has 4 heterocycles. The van der Waals surface area contributed by atoms with Gasteiger partial charge in [0.15, 0.2) is 11.6 Å². The average Bonchev–Trinajstić information content (AvgIpc) is 3.28. The van der Waals surface area contributed by atoms with E-state index in [0.29, 0.717) is 24.3 Å². The standard InChI is InChI=1S/C26H27FN4O3/c1-16(32)12-22(18-6-8-24(34-2)20(27)13-18)31-11-10-30-15-19(14-23(30)26(31)33)21-7-5-17-4-3-9-28-25(17)29-21/h5-8,13-15,22H,3-4,9-12H2,1-2H3,(H,28,29)/t22-/m0/s1. The number of hydrogen-bond donors (Lipinski definition) is 1. The number of anilines is 1. The number of nitrogens with zero attached hydrogens (tertiary/aromatic N) is 3. The summed E-state index contributed by atoms with van der Waals surface area (Å²) >= 11 is 0. The van der Waals surface area contributed by atoms with E-state index in [9.17, 15) is 14.0 Å². The van der Waals surface area contributed by atoms with E-state index in [-0.39, 0.29) is 23.9 Å². The Balaban J connectivity index is 1.46. The molecule has 34 heavy (non-hydrogen) atoms. The normalized spacial score (nSPS) is 15.9. The minimum atomic E-state index is -0.552. The Morgan fingerprint density at radius 3 is 2.85 bits per heavy atom. The number of carbonyl (C=O) groups excluding carboxylic acids is 2. The molecule has 0 radical (unpaired) electrons. The summed E-state index contributed by atoms with van der Waals surface area (Å²) in [5, 5.41) is 3.35. The van der Waals surface area contributed by atoms with Crippen LogP contribution < -0.4 is 10.1 Å². The van der Waals surface area contributed by atoms with Crippen LogP contribution in [0.1, 0.15) is 47.4 Å². The summed E-state index contributed by atoms with van der Waals surface area (Å²) in [5.41, 5.74) is 4.01. The Morgan fingerprint density at radius 1 is 1.24 bits per heavy atom. The first-order chi connectivity index (χ1) is 16.4. The molecule has 2 aliphatic rings. The van der Waals surface area contributed by atoms with Gasteiger partial charge in [0.1, 0.15) is 17.3 Å². The highest BCUT2D eigenvalue weighted by Gasteiger charge is 2.33. The summed E-state index contributed by atoms with van der Waals surface area (Å²) in [5.74, 6) is 0.262. The molecule has 0 saturated carbocycles. The highest BCUT2D eigenvalue weighted by Crippen LogP contribution is 2.33. The van der Waals surface area contributed by atoms with E-state index in [1.165, 1.54) is 31.7 Å². The molecule has 0 saturated heterocycles. The van der Waals surface area contributed by atoms with E-state index >= 15 is 0 Å². The van der Waals surface area contributed by atoms with Gasteiger partial charge in [-0.25, -0.2) is 9.37 Å². The Morgan fingerprint density at radius 2 is 2.09 bits per heavy atom. The first-order valence-electron chi connectivity index (χ1n) is 11.5. The number of aryl methyl sites for hydroxylation is 1. The molecule has 0 aliphatic carbocycles. The number of halogens is 1. The Kier molecular flexibility index (Phi) is 5.81. The highest BCUT2D eigenvalue weighted by atomic mass is 19.1. The summed E-state index contributed by atoms with van der Waals surface area (Å²) in [4.78, 5) is 32.0. The number of hydrogen-bond acceptors (Lipinski definition) is 5. The summed E-state index contributed by atoms with van der Waals surface area (Å²) in [6.45, 7) is 3.40. The van der Waals surface area contributed by atoms with E-state index in [1.807, 2.05) is 22.9 Å². The minimum Gasteiger partial charge on any atom is -0.494 e. The van der Waals surface area contributed by atoms with Gasteiger partial charge in [-0.15, -0.1) is 0 Å². The molecule has 3 aromatic rings. The van der Waals surface area contributed by atoms with Gasteiger partial charge in [-0.3, -0.25) is 9.59 Å². The quantitative estimate of drug-likeness (QED) is 0.593. The van der Waals surface area contributed by atoms with Crippen LogP contribution in [0.2, 0.25) is 0 Å². The lowest BCUT2D eigenvalue weighted by Crippen LogP contribution is -2.42. The fourth-order valence-corrected chi connectivity index (χ4v) is 4.84. The number of benzene rings is 1. The van der Waals surface area contributed by atoms with Crippen molar-refractivity contribution >= 4 is 17.5 Å². The predicted octanol–water partition coefficient (Wildman–Crippen LogP) is 4.23. The van der Waals surface area contributed by atoms with E-state index < -0.39 is 11.9 Å². The van der Waals surface area contributed by atoms with E-state index in [2.05, 4.69) is 11.4 Å². The SMILES string of the molecule is COc1ccc([C@H](CC(C)=O)N2CCn3cc(-c4ccc5c(n4)NCCC5)cc3C2=O)cc1F. The second-order valence-corrected chi connectivity index (χ2v) is 8.86. The van der Waals surface area contributed by atoms with E-state index in [0.717, 1.165) is 36.5 Å². The summed E-state index contributed by atoms with van der Waals surface area (Å²) in [6.07, 6.45) is 4.18. The van der Waals surface area contributed by atoms with Gasteiger partial charge in [0.25, 0.3) is 5.91 Å². The van der Waals surface area contributed by atoms with Crippen molar-refractivity contribution in [1.29, 1.82) is 0 Å². The van der Waals surface area contributed by atoms with Gasteiger partial charge in [0, 0.05) is 37.8 Å². The third-order valence-electron chi connectivity index (χ3n) is 6.57. The van der Waals surface area contributed by atoms with Crippen LogP contribution in [-0.4, -0.2) is 46.3 Å². The fourth-order valence-electron chi connectivity index (χ4n) is 4.84. The molecule has 1 atom stereocenters. The maximum atomic E-state index is 14.4. The second-order valence-electron chi connectivity index (χ2n) is 8.86. The van der Waals surface area contributed by atoms with Gasteiger partial charge in [0.05, 0.1) is 18.8 Å². The van der Waals surface area contributed by atoms with Gasteiger partial charge < -0.3 is 19.5 Å². The van der Waals surface area contributed by atoms with Crippen molar-refractivity contribution in [1.82, 2.24) is 14.5 Å². The topological polar surface area (TPSA) is 76.5 Å². The van der Waals surface area contributed by atoms with Crippen molar-refractivity contribution in [2.75, 3.05) is 25.5 Å².